The molecule has 0 saturated carbocycles. The molecule has 21 heavy (non-hydrogen) atoms. The summed E-state index contributed by atoms with van der Waals surface area (Å²) < 4.78 is 11.0. The van der Waals surface area contributed by atoms with Crippen LogP contribution in [0.15, 0.2) is 28.8 Å². The Balaban J connectivity index is 1.59. The molecule has 2 aromatic rings. The summed E-state index contributed by atoms with van der Waals surface area (Å²) in [6.07, 6.45) is 5.65. The van der Waals surface area contributed by atoms with Gasteiger partial charge < -0.3 is 15.0 Å². The van der Waals surface area contributed by atoms with Gasteiger partial charge in [-0.1, -0.05) is 29.4 Å². The fourth-order valence-corrected chi connectivity index (χ4v) is 2.58. The molecule has 1 fully saturated rings. The Morgan fingerprint density at radius 1 is 1.19 bits per heavy atom. The number of nitrogens with zero attached hydrogens (tertiary/aromatic N) is 2. The lowest BCUT2D eigenvalue weighted by Crippen LogP contribution is -2.19. The van der Waals surface area contributed by atoms with Crippen LogP contribution in [0.3, 0.4) is 0 Å². The molecule has 5 nitrogen and oxygen atoms in total. The lowest BCUT2D eigenvalue weighted by Gasteiger charge is -2.21. The van der Waals surface area contributed by atoms with Gasteiger partial charge in [-0.25, -0.2) is 0 Å². The van der Waals surface area contributed by atoms with E-state index in [-0.39, 0.29) is 0 Å². The summed E-state index contributed by atoms with van der Waals surface area (Å²) in [6, 6.07) is 7.92. The van der Waals surface area contributed by atoms with E-state index in [4.69, 9.17) is 15.0 Å². The largest absolute Gasteiger partial charge is 0.378 e. The molecule has 2 heterocycles. The van der Waals surface area contributed by atoms with E-state index in [1.165, 1.54) is 12.8 Å². The summed E-state index contributed by atoms with van der Waals surface area (Å²) in [4.78, 5) is 4.46. The molecule has 1 atom stereocenters. The quantitative estimate of drug-likeness (QED) is 0.915. The molecule has 112 valence electrons. The zero-order valence-electron chi connectivity index (χ0n) is 12.1. The third kappa shape index (κ3) is 3.68. The monoisotopic (exact) mass is 287 g/mol. The second kappa shape index (κ2) is 6.83. The van der Waals surface area contributed by atoms with Crippen LogP contribution in [0, 0.1) is 0 Å². The van der Waals surface area contributed by atoms with Crippen LogP contribution in [0.4, 0.5) is 0 Å². The Labute approximate surface area is 124 Å². The number of aromatic nitrogens is 2. The molecule has 0 spiro atoms. The topological polar surface area (TPSA) is 74.2 Å². The average molecular weight is 287 g/mol. The third-order valence-corrected chi connectivity index (χ3v) is 3.87. The second-order valence-electron chi connectivity index (χ2n) is 5.44. The molecule has 0 bridgehead atoms. The zero-order chi connectivity index (χ0) is 14.5. The van der Waals surface area contributed by atoms with E-state index in [1.54, 1.807) is 0 Å². The van der Waals surface area contributed by atoms with Gasteiger partial charge in [-0.15, -0.1) is 0 Å². The van der Waals surface area contributed by atoms with E-state index in [0.29, 0.717) is 24.4 Å². The van der Waals surface area contributed by atoms with Gasteiger partial charge in [-0.3, -0.25) is 0 Å². The molecule has 5 heteroatoms. The smallest absolute Gasteiger partial charge is 0.227 e. The van der Waals surface area contributed by atoms with Gasteiger partial charge >= 0.3 is 0 Å². The predicted molar refractivity (Wildman–Crippen MR) is 79.5 cm³/mol. The number of ether oxygens (including phenoxy) is 1. The van der Waals surface area contributed by atoms with E-state index in [1.807, 2.05) is 24.3 Å². The number of nitrogens with two attached hydrogens (primary N) is 1. The van der Waals surface area contributed by atoms with Crippen molar-refractivity contribution in [2.45, 2.75) is 44.8 Å². The van der Waals surface area contributed by atoms with Gasteiger partial charge in [0.2, 0.25) is 11.7 Å². The Hall–Kier alpha value is -1.72. The lowest BCUT2D eigenvalue weighted by molar-refractivity contribution is 0.0104. The fraction of sp³-hybridized carbons (Fsp3) is 0.500. The maximum atomic E-state index is 5.71. The standard InChI is InChI=1S/C16H21N3O2/c17-11-12-4-6-13(7-5-12)16-18-15(21-19-16)9-8-14-3-1-2-10-20-14/h4-7,14H,1-3,8-11,17H2. The van der Waals surface area contributed by atoms with Gasteiger partial charge in [0.25, 0.3) is 0 Å². The Morgan fingerprint density at radius 2 is 2.05 bits per heavy atom. The van der Waals surface area contributed by atoms with E-state index < -0.39 is 0 Å². The van der Waals surface area contributed by atoms with Crippen LogP contribution in [0.2, 0.25) is 0 Å². The molecule has 1 aliphatic heterocycles. The van der Waals surface area contributed by atoms with Crippen LogP contribution < -0.4 is 5.73 Å². The maximum Gasteiger partial charge on any atom is 0.227 e. The first kappa shape index (κ1) is 14.2. The molecule has 1 aromatic carbocycles. The number of hydrogen-bond acceptors (Lipinski definition) is 5. The Kier molecular flexibility index (Phi) is 4.62. The first-order valence-electron chi connectivity index (χ1n) is 7.59. The molecule has 1 unspecified atom stereocenters. The summed E-state index contributed by atoms with van der Waals surface area (Å²) in [5, 5.41) is 4.05. The Bertz CT molecular complexity index is 559. The number of benzene rings is 1. The molecule has 0 amide bonds. The van der Waals surface area contributed by atoms with Crippen molar-refractivity contribution in [2.75, 3.05) is 6.61 Å². The van der Waals surface area contributed by atoms with Gasteiger partial charge in [0, 0.05) is 25.1 Å². The summed E-state index contributed by atoms with van der Waals surface area (Å²) in [5.41, 5.74) is 7.64. The minimum absolute atomic E-state index is 0.345. The summed E-state index contributed by atoms with van der Waals surface area (Å²) in [6.45, 7) is 1.42. The van der Waals surface area contributed by atoms with Gasteiger partial charge in [0.1, 0.15) is 0 Å². The normalized spacial score (nSPS) is 18.8. The molecule has 1 saturated heterocycles. The predicted octanol–water partition coefficient (Wildman–Crippen LogP) is 2.70. The molecule has 3 rings (SSSR count). The highest BCUT2D eigenvalue weighted by Gasteiger charge is 2.16. The van der Waals surface area contributed by atoms with Gasteiger partial charge in [0.05, 0.1) is 6.10 Å². The van der Waals surface area contributed by atoms with E-state index in [0.717, 1.165) is 37.0 Å². The highest BCUT2D eigenvalue weighted by Crippen LogP contribution is 2.20. The van der Waals surface area contributed by atoms with E-state index >= 15 is 0 Å². The molecule has 0 radical (unpaired) electrons. The molecule has 0 aliphatic carbocycles. The van der Waals surface area contributed by atoms with Crippen molar-refractivity contribution in [3.8, 4) is 11.4 Å². The summed E-state index contributed by atoms with van der Waals surface area (Å²) in [5.74, 6) is 1.32. The number of aryl methyl sites for hydroxylation is 1. The first-order valence-corrected chi connectivity index (χ1v) is 7.59. The van der Waals surface area contributed by atoms with Crippen molar-refractivity contribution in [3.63, 3.8) is 0 Å². The van der Waals surface area contributed by atoms with Crippen LogP contribution in [0.5, 0.6) is 0 Å². The van der Waals surface area contributed by atoms with Crippen molar-refractivity contribution in [3.05, 3.63) is 35.7 Å². The second-order valence-corrected chi connectivity index (χ2v) is 5.44. The number of rotatable bonds is 5. The van der Waals surface area contributed by atoms with Crippen molar-refractivity contribution in [1.82, 2.24) is 10.1 Å². The van der Waals surface area contributed by atoms with Crippen molar-refractivity contribution in [1.29, 1.82) is 0 Å². The minimum Gasteiger partial charge on any atom is -0.378 e. The number of hydrogen-bond donors (Lipinski definition) is 1. The lowest BCUT2D eigenvalue weighted by atomic mass is 10.0. The summed E-state index contributed by atoms with van der Waals surface area (Å²) >= 11 is 0. The van der Waals surface area contributed by atoms with Crippen LogP contribution >= 0.6 is 0 Å². The maximum absolute atomic E-state index is 5.71. The van der Waals surface area contributed by atoms with Gasteiger partial charge in [-0.05, 0) is 31.2 Å². The van der Waals surface area contributed by atoms with Gasteiger partial charge in [-0.2, -0.15) is 4.98 Å². The highest BCUT2D eigenvalue weighted by atomic mass is 16.5. The fourth-order valence-electron chi connectivity index (χ4n) is 2.58. The van der Waals surface area contributed by atoms with Crippen LogP contribution in [-0.4, -0.2) is 22.9 Å². The van der Waals surface area contributed by atoms with E-state index in [9.17, 15) is 0 Å². The molecule has 2 N–H and O–H groups in total. The third-order valence-electron chi connectivity index (χ3n) is 3.87. The van der Waals surface area contributed by atoms with Gasteiger partial charge in [0.15, 0.2) is 0 Å². The summed E-state index contributed by atoms with van der Waals surface area (Å²) in [7, 11) is 0. The zero-order valence-corrected chi connectivity index (χ0v) is 12.1. The Morgan fingerprint density at radius 3 is 2.76 bits per heavy atom. The van der Waals surface area contributed by atoms with E-state index in [2.05, 4.69) is 10.1 Å². The van der Waals surface area contributed by atoms with Crippen LogP contribution in [-0.2, 0) is 17.7 Å². The van der Waals surface area contributed by atoms with Crippen molar-refractivity contribution >= 4 is 0 Å². The molecule has 1 aliphatic rings. The minimum atomic E-state index is 0.345. The molecular formula is C16H21N3O2. The average Bonchev–Trinajstić information content (AvgIpc) is 3.03. The van der Waals surface area contributed by atoms with Crippen molar-refractivity contribution in [2.24, 2.45) is 5.73 Å². The highest BCUT2D eigenvalue weighted by molar-refractivity contribution is 5.54. The van der Waals surface area contributed by atoms with Crippen LogP contribution in [0.1, 0.15) is 37.1 Å². The van der Waals surface area contributed by atoms with Crippen molar-refractivity contribution < 1.29 is 9.26 Å². The molecular weight excluding hydrogens is 266 g/mol. The SMILES string of the molecule is NCc1ccc(-c2noc(CCC3CCCCO3)n2)cc1. The molecule has 1 aromatic heterocycles. The first-order chi connectivity index (χ1) is 10.3. The van der Waals surface area contributed by atoms with Crippen LogP contribution in [0.25, 0.3) is 11.4 Å².